The summed E-state index contributed by atoms with van der Waals surface area (Å²) < 4.78 is 5.41. The Morgan fingerprint density at radius 1 is 1.45 bits per heavy atom. The molecule has 1 aromatic rings. The highest BCUT2D eigenvalue weighted by Gasteiger charge is 2.55. The predicted octanol–water partition coefficient (Wildman–Crippen LogP) is 2.62. The number of fused-ring (bicyclic) bond motifs is 1. The van der Waals surface area contributed by atoms with Crippen molar-refractivity contribution < 1.29 is 14.4 Å². The summed E-state index contributed by atoms with van der Waals surface area (Å²) in [6.45, 7) is 3.48. The van der Waals surface area contributed by atoms with Gasteiger partial charge in [-0.15, -0.1) is 12.4 Å². The molecule has 3 fully saturated rings. The van der Waals surface area contributed by atoms with Crippen LogP contribution < -0.4 is 0 Å². The molecule has 6 nitrogen and oxygen atoms in total. The van der Waals surface area contributed by atoms with E-state index >= 15 is 0 Å². The number of nitrogens with zero attached hydrogens (tertiary/aromatic N) is 3. The molecule has 0 spiro atoms. The van der Waals surface area contributed by atoms with Gasteiger partial charge in [-0.2, -0.15) is 4.98 Å². The van der Waals surface area contributed by atoms with Crippen LogP contribution in [0, 0.1) is 11.3 Å². The molecular weight excluding hydrogens is 306 g/mol. The lowest BCUT2D eigenvalue weighted by atomic mass is 9.81. The number of carboxylic acid groups (broad SMARTS) is 1. The molecule has 4 rings (SSSR count). The van der Waals surface area contributed by atoms with Crippen molar-refractivity contribution in [3.8, 4) is 0 Å². The number of rotatable bonds is 4. The van der Waals surface area contributed by atoms with E-state index in [1.54, 1.807) is 0 Å². The fourth-order valence-corrected chi connectivity index (χ4v) is 4.05. The number of aliphatic carboxylic acids is 1. The lowest BCUT2D eigenvalue weighted by molar-refractivity contribution is -0.149. The summed E-state index contributed by atoms with van der Waals surface area (Å²) in [5.74, 6) is 1.58. The van der Waals surface area contributed by atoms with E-state index in [9.17, 15) is 9.90 Å². The van der Waals surface area contributed by atoms with E-state index in [4.69, 9.17) is 4.52 Å². The molecule has 7 heteroatoms. The van der Waals surface area contributed by atoms with E-state index in [-0.39, 0.29) is 24.4 Å². The third kappa shape index (κ3) is 2.33. The van der Waals surface area contributed by atoms with Crippen molar-refractivity contribution in [3.05, 3.63) is 11.7 Å². The molecule has 0 amide bonds. The van der Waals surface area contributed by atoms with Gasteiger partial charge in [0, 0.05) is 19.0 Å². The fourth-order valence-electron chi connectivity index (χ4n) is 4.05. The Kier molecular flexibility index (Phi) is 3.93. The van der Waals surface area contributed by atoms with Crippen LogP contribution in [0.2, 0.25) is 0 Å². The lowest BCUT2D eigenvalue weighted by Crippen LogP contribution is -2.36. The minimum atomic E-state index is -0.635. The lowest BCUT2D eigenvalue weighted by Gasteiger charge is -2.25. The van der Waals surface area contributed by atoms with Crippen LogP contribution in [0.25, 0.3) is 0 Å². The fraction of sp³-hybridized carbons (Fsp3) is 0.800. The summed E-state index contributed by atoms with van der Waals surface area (Å²) in [6.07, 6.45) is 5.16. The first-order chi connectivity index (χ1) is 10.1. The first-order valence-corrected chi connectivity index (χ1v) is 7.91. The van der Waals surface area contributed by atoms with Crippen molar-refractivity contribution in [2.45, 2.75) is 51.0 Å². The number of likely N-dealkylation sites (tertiary alicyclic amines) is 1. The zero-order valence-corrected chi connectivity index (χ0v) is 13.5. The molecule has 122 valence electrons. The highest BCUT2D eigenvalue weighted by atomic mass is 35.5. The van der Waals surface area contributed by atoms with Gasteiger partial charge in [0.1, 0.15) is 0 Å². The van der Waals surface area contributed by atoms with Crippen LogP contribution in [0.5, 0.6) is 0 Å². The standard InChI is InChI=1S/C15H21N3O3.ClH/c1-9(13-16-12(17-21-13)10-4-5-10)18-7-11-3-2-6-15(11,8-18)14(19)20;/h9-11H,2-8H2,1H3,(H,19,20);1H/t9?,11-,15+;/m0./s1. The third-order valence-corrected chi connectivity index (χ3v) is 5.63. The summed E-state index contributed by atoms with van der Waals surface area (Å²) in [5, 5.41) is 13.7. The van der Waals surface area contributed by atoms with Gasteiger partial charge in [-0.05, 0) is 38.5 Å². The second-order valence-electron chi connectivity index (χ2n) is 6.92. The second-order valence-corrected chi connectivity index (χ2v) is 6.92. The van der Waals surface area contributed by atoms with Gasteiger partial charge >= 0.3 is 5.97 Å². The number of aromatic nitrogens is 2. The first kappa shape index (κ1) is 15.7. The van der Waals surface area contributed by atoms with Gasteiger partial charge in [0.2, 0.25) is 5.89 Å². The topological polar surface area (TPSA) is 79.5 Å². The number of halogens is 1. The van der Waals surface area contributed by atoms with Crippen molar-refractivity contribution in [1.82, 2.24) is 15.0 Å². The van der Waals surface area contributed by atoms with Gasteiger partial charge in [0.15, 0.2) is 5.82 Å². The summed E-state index contributed by atoms with van der Waals surface area (Å²) in [4.78, 5) is 18.5. The normalized spacial score (nSPS) is 32.5. The quantitative estimate of drug-likeness (QED) is 0.915. The van der Waals surface area contributed by atoms with Gasteiger partial charge < -0.3 is 9.63 Å². The summed E-state index contributed by atoms with van der Waals surface area (Å²) in [5.41, 5.74) is -0.548. The summed E-state index contributed by atoms with van der Waals surface area (Å²) in [6, 6.07) is 0.00632. The minimum Gasteiger partial charge on any atom is -0.481 e. The van der Waals surface area contributed by atoms with Crippen molar-refractivity contribution in [1.29, 1.82) is 0 Å². The Morgan fingerprint density at radius 2 is 2.23 bits per heavy atom. The van der Waals surface area contributed by atoms with Crippen LogP contribution in [-0.4, -0.2) is 39.2 Å². The van der Waals surface area contributed by atoms with Gasteiger partial charge in [-0.25, -0.2) is 0 Å². The molecule has 2 heterocycles. The molecule has 22 heavy (non-hydrogen) atoms. The zero-order valence-electron chi connectivity index (χ0n) is 12.7. The monoisotopic (exact) mass is 327 g/mol. The van der Waals surface area contributed by atoms with E-state index in [1.807, 2.05) is 6.92 Å². The molecule has 1 saturated heterocycles. The maximum Gasteiger partial charge on any atom is 0.311 e. The molecule has 1 N–H and O–H groups in total. The van der Waals surface area contributed by atoms with Crippen LogP contribution in [0.15, 0.2) is 4.52 Å². The molecule has 0 bridgehead atoms. The molecule has 3 aliphatic rings. The van der Waals surface area contributed by atoms with E-state index in [0.29, 0.717) is 18.4 Å². The Balaban J connectivity index is 0.00000144. The molecular formula is C15H22ClN3O3. The second kappa shape index (κ2) is 5.49. The van der Waals surface area contributed by atoms with E-state index < -0.39 is 11.4 Å². The smallest absolute Gasteiger partial charge is 0.311 e. The average molecular weight is 328 g/mol. The maximum absolute atomic E-state index is 11.7. The van der Waals surface area contributed by atoms with Crippen molar-refractivity contribution in [2.24, 2.45) is 11.3 Å². The van der Waals surface area contributed by atoms with Gasteiger partial charge in [0.05, 0.1) is 11.5 Å². The first-order valence-electron chi connectivity index (χ1n) is 7.91. The largest absolute Gasteiger partial charge is 0.481 e. The molecule has 2 saturated carbocycles. The van der Waals surface area contributed by atoms with Crippen LogP contribution in [-0.2, 0) is 4.79 Å². The zero-order chi connectivity index (χ0) is 14.6. The number of carboxylic acids is 1. The van der Waals surface area contributed by atoms with Crippen LogP contribution in [0.1, 0.15) is 62.7 Å². The van der Waals surface area contributed by atoms with Crippen molar-refractivity contribution in [2.75, 3.05) is 13.1 Å². The summed E-state index contributed by atoms with van der Waals surface area (Å²) >= 11 is 0. The summed E-state index contributed by atoms with van der Waals surface area (Å²) in [7, 11) is 0. The van der Waals surface area contributed by atoms with Crippen LogP contribution >= 0.6 is 12.4 Å². The molecule has 1 unspecified atom stereocenters. The SMILES string of the molecule is CC(c1nc(C2CC2)no1)N1C[C@@H]2CCC[C@@]2(C(=O)O)C1.Cl. The molecule has 0 aromatic carbocycles. The Labute approximate surface area is 135 Å². The van der Waals surface area contributed by atoms with Crippen LogP contribution in [0.4, 0.5) is 0 Å². The van der Waals surface area contributed by atoms with E-state index in [1.165, 1.54) is 0 Å². The Morgan fingerprint density at radius 3 is 2.86 bits per heavy atom. The number of carbonyl (C=O) groups is 1. The van der Waals surface area contributed by atoms with Gasteiger partial charge in [0.25, 0.3) is 0 Å². The number of hydrogen-bond donors (Lipinski definition) is 1. The molecule has 2 aliphatic carbocycles. The van der Waals surface area contributed by atoms with Gasteiger partial charge in [-0.1, -0.05) is 11.6 Å². The highest BCUT2D eigenvalue weighted by Crippen LogP contribution is 2.50. The Hall–Kier alpha value is -1.14. The van der Waals surface area contributed by atoms with E-state index in [0.717, 1.165) is 44.5 Å². The minimum absolute atomic E-state index is 0. The van der Waals surface area contributed by atoms with Crippen molar-refractivity contribution in [3.63, 3.8) is 0 Å². The Bertz CT molecular complexity index is 574. The molecule has 3 atom stereocenters. The van der Waals surface area contributed by atoms with Gasteiger partial charge in [-0.3, -0.25) is 9.69 Å². The predicted molar refractivity (Wildman–Crippen MR) is 80.9 cm³/mol. The average Bonchev–Trinajstić information content (AvgIpc) is 2.90. The van der Waals surface area contributed by atoms with Crippen LogP contribution in [0.3, 0.4) is 0 Å². The molecule has 0 radical (unpaired) electrons. The molecule has 1 aliphatic heterocycles. The maximum atomic E-state index is 11.7. The number of hydrogen-bond acceptors (Lipinski definition) is 5. The highest BCUT2D eigenvalue weighted by molar-refractivity contribution is 5.85. The third-order valence-electron chi connectivity index (χ3n) is 5.63. The molecule has 1 aromatic heterocycles. The van der Waals surface area contributed by atoms with E-state index in [2.05, 4.69) is 15.0 Å². The van der Waals surface area contributed by atoms with Crippen molar-refractivity contribution >= 4 is 18.4 Å².